The summed E-state index contributed by atoms with van der Waals surface area (Å²) in [7, 11) is 2.61. The Morgan fingerprint density at radius 3 is 2.55 bits per heavy atom. The van der Waals surface area contributed by atoms with Crippen LogP contribution in [0.15, 0.2) is 53.2 Å². The highest BCUT2D eigenvalue weighted by molar-refractivity contribution is 6.31. The van der Waals surface area contributed by atoms with Crippen LogP contribution in [0.2, 0.25) is 5.02 Å². The average molecular weight is 418 g/mol. The van der Waals surface area contributed by atoms with E-state index < -0.39 is 17.7 Å². The van der Waals surface area contributed by atoms with E-state index in [1.807, 2.05) is 0 Å². The molecule has 1 aliphatic rings. The molecule has 0 saturated carbocycles. The largest absolute Gasteiger partial charge is 0.504 e. The lowest BCUT2D eigenvalue weighted by atomic mass is 10.0. The minimum atomic E-state index is -0.691. The van der Waals surface area contributed by atoms with Crippen molar-refractivity contribution in [2.24, 2.45) is 0 Å². The van der Waals surface area contributed by atoms with E-state index >= 15 is 0 Å². The van der Waals surface area contributed by atoms with Crippen LogP contribution < -0.4 is 9.64 Å². The maximum absolute atomic E-state index is 13.5. The van der Waals surface area contributed by atoms with Crippen LogP contribution in [0.4, 0.5) is 10.1 Å². The number of allylic oxidation sites excluding steroid dienone is 1. The van der Waals surface area contributed by atoms with Crippen molar-refractivity contribution < 1.29 is 28.6 Å². The van der Waals surface area contributed by atoms with Crippen LogP contribution in [0.3, 0.4) is 0 Å². The first-order valence-corrected chi connectivity index (χ1v) is 8.84. The number of phenols is 1. The van der Waals surface area contributed by atoms with Gasteiger partial charge in [0.15, 0.2) is 11.5 Å². The Balaban J connectivity index is 2.15. The predicted octanol–water partition coefficient (Wildman–Crippen LogP) is 4.07. The van der Waals surface area contributed by atoms with Gasteiger partial charge in [-0.05, 0) is 48.9 Å². The molecule has 6 nitrogen and oxygen atoms in total. The lowest BCUT2D eigenvalue weighted by Gasteiger charge is -2.18. The quantitative estimate of drug-likeness (QED) is 0.599. The Morgan fingerprint density at radius 2 is 1.93 bits per heavy atom. The van der Waals surface area contributed by atoms with E-state index in [-0.39, 0.29) is 27.7 Å². The van der Waals surface area contributed by atoms with Crippen LogP contribution in [0.1, 0.15) is 12.5 Å². The number of carbonyl (C=O) groups is 2. The van der Waals surface area contributed by atoms with E-state index in [9.17, 15) is 19.1 Å². The van der Waals surface area contributed by atoms with Gasteiger partial charge in [-0.2, -0.15) is 0 Å². The van der Waals surface area contributed by atoms with Crippen molar-refractivity contribution in [1.29, 1.82) is 0 Å². The monoisotopic (exact) mass is 417 g/mol. The maximum Gasteiger partial charge on any atom is 0.340 e. The molecule has 0 spiro atoms. The SMILES string of the molecule is COC(=O)C1=C(C)N(c2ccc(F)c(Cl)c2)C(=O)/C1=C\c1ccc(O)c(OC)c1. The van der Waals surface area contributed by atoms with Crippen molar-refractivity contribution in [3.63, 3.8) is 0 Å². The standard InChI is InChI=1S/C21H17ClFNO5/c1-11-19(21(27)29-3)14(8-12-4-7-17(25)18(9-12)28-2)20(26)24(11)13-5-6-16(23)15(22)10-13/h4-10,25H,1-3H3/b14-8-. The average Bonchev–Trinajstić information content (AvgIpc) is 2.94. The van der Waals surface area contributed by atoms with E-state index in [0.29, 0.717) is 16.9 Å². The van der Waals surface area contributed by atoms with Crippen molar-refractivity contribution in [2.75, 3.05) is 19.1 Å². The Hall–Kier alpha value is -3.32. The van der Waals surface area contributed by atoms with Crippen LogP contribution in [-0.4, -0.2) is 31.2 Å². The lowest BCUT2D eigenvalue weighted by Crippen LogP contribution is -2.24. The first-order chi connectivity index (χ1) is 13.8. The minimum Gasteiger partial charge on any atom is -0.504 e. The predicted molar refractivity (Wildman–Crippen MR) is 106 cm³/mol. The van der Waals surface area contributed by atoms with E-state index in [1.54, 1.807) is 13.0 Å². The zero-order chi connectivity index (χ0) is 21.3. The Bertz CT molecular complexity index is 1080. The number of hydrogen-bond donors (Lipinski definition) is 1. The van der Waals surface area contributed by atoms with Crippen LogP contribution >= 0.6 is 11.6 Å². The molecule has 2 aromatic rings. The fourth-order valence-corrected chi connectivity index (χ4v) is 3.24. The summed E-state index contributed by atoms with van der Waals surface area (Å²) in [6.45, 7) is 1.58. The third-order valence-electron chi connectivity index (χ3n) is 4.47. The molecule has 1 N–H and O–H groups in total. The molecule has 1 aliphatic heterocycles. The summed E-state index contributed by atoms with van der Waals surface area (Å²) >= 11 is 5.86. The Kier molecular flexibility index (Phi) is 5.61. The number of carbonyl (C=O) groups excluding carboxylic acids is 2. The van der Waals surface area contributed by atoms with Crippen molar-refractivity contribution in [1.82, 2.24) is 0 Å². The molecule has 3 rings (SSSR count). The summed E-state index contributed by atoms with van der Waals surface area (Å²) in [6, 6.07) is 8.35. The van der Waals surface area contributed by atoms with Crippen LogP contribution in [0, 0.1) is 5.82 Å². The van der Waals surface area contributed by atoms with Gasteiger partial charge in [-0.25, -0.2) is 9.18 Å². The normalized spacial score (nSPS) is 15.3. The number of methoxy groups -OCH3 is 2. The summed E-state index contributed by atoms with van der Waals surface area (Å²) in [4.78, 5) is 26.8. The van der Waals surface area contributed by atoms with Gasteiger partial charge in [0.1, 0.15) is 5.82 Å². The van der Waals surface area contributed by atoms with Crippen LogP contribution in [-0.2, 0) is 14.3 Å². The Labute approximate surface area is 171 Å². The van der Waals surface area contributed by atoms with Crippen molar-refractivity contribution in [2.45, 2.75) is 6.92 Å². The molecule has 0 unspecified atom stereocenters. The molecule has 0 bridgehead atoms. The fraction of sp³-hybridized carbons (Fsp3) is 0.143. The van der Waals surface area contributed by atoms with E-state index in [4.69, 9.17) is 21.1 Å². The van der Waals surface area contributed by atoms with Gasteiger partial charge in [-0.15, -0.1) is 0 Å². The molecule has 0 radical (unpaired) electrons. The summed E-state index contributed by atoms with van der Waals surface area (Å²) < 4.78 is 23.5. The van der Waals surface area contributed by atoms with Gasteiger partial charge in [0.05, 0.1) is 36.1 Å². The number of phenolic OH excluding ortho intramolecular Hbond substituents is 1. The number of hydrogen-bond acceptors (Lipinski definition) is 5. The van der Waals surface area contributed by atoms with Gasteiger partial charge < -0.3 is 14.6 Å². The molecule has 150 valence electrons. The van der Waals surface area contributed by atoms with Crippen LogP contribution in [0.25, 0.3) is 6.08 Å². The molecule has 0 atom stereocenters. The van der Waals surface area contributed by atoms with Crippen LogP contribution in [0.5, 0.6) is 11.5 Å². The van der Waals surface area contributed by atoms with Gasteiger partial charge in [0.25, 0.3) is 5.91 Å². The minimum absolute atomic E-state index is 0.0603. The number of halogens is 2. The number of nitrogens with zero attached hydrogens (tertiary/aromatic N) is 1. The van der Waals surface area contributed by atoms with E-state index in [0.717, 1.165) is 6.07 Å². The van der Waals surface area contributed by atoms with Crippen molar-refractivity contribution in [3.05, 3.63) is 69.6 Å². The maximum atomic E-state index is 13.5. The third kappa shape index (κ3) is 3.69. The van der Waals surface area contributed by atoms with E-state index in [1.165, 1.54) is 49.5 Å². The molecule has 0 aromatic heterocycles. The van der Waals surface area contributed by atoms with Gasteiger partial charge in [-0.1, -0.05) is 17.7 Å². The second-order valence-electron chi connectivity index (χ2n) is 6.18. The number of anilines is 1. The van der Waals surface area contributed by atoms with Gasteiger partial charge in [0.2, 0.25) is 0 Å². The fourth-order valence-electron chi connectivity index (χ4n) is 3.07. The van der Waals surface area contributed by atoms with Gasteiger partial charge in [-0.3, -0.25) is 9.69 Å². The summed E-state index contributed by atoms with van der Waals surface area (Å²) in [5.74, 6) is -1.66. The molecule has 29 heavy (non-hydrogen) atoms. The molecule has 0 saturated heterocycles. The number of rotatable bonds is 4. The Morgan fingerprint density at radius 1 is 1.21 bits per heavy atom. The number of amides is 1. The first-order valence-electron chi connectivity index (χ1n) is 8.46. The number of aromatic hydroxyl groups is 1. The highest BCUT2D eigenvalue weighted by Crippen LogP contribution is 2.37. The molecular weight excluding hydrogens is 401 g/mol. The molecule has 8 heteroatoms. The molecule has 0 fully saturated rings. The third-order valence-corrected chi connectivity index (χ3v) is 4.76. The zero-order valence-electron chi connectivity index (χ0n) is 15.8. The summed E-state index contributed by atoms with van der Waals surface area (Å²) in [5.41, 5.74) is 1.32. The summed E-state index contributed by atoms with van der Waals surface area (Å²) in [5, 5.41) is 9.61. The van der Waals surface area contributed by atoms with Gasteiger partial charge in [0, 0.05) is 5.70 Å². The molecule has 1 amide bonds. The molecule has 2 aromatic carbocycles. The smallest absolute Gasteiger partial charge is 0.340 e. The molecule has 0 aliphatic carbocycles. The highest BCUT2D eigenvalue weighted by Gasteiger charge is 2.38. The van der Waals surface area contributed by atoms with Crippen molar-refractivity contribution in [3.8, 4) is 11.5 Å². The van der Waals surface area contributed by atoms with Gasteiger partial charge >= 0.3 is 5.97 Å². The lowest BCUT2D eigenvalue weighted by molar-refractivity contribution is -0.136. The van der Waals surface area contributed by atoms with E-state index in [2.05, 4.69) is 0 Å². The summed E-state index contributed by atoms with van der Waals surface area (Å²) in [6.07, 6.45) is 1.49. The number of ether oxygens (including phenoxy) is 2. The zero-order valence-corrected chi connectivity index (χ0v) is 16.6. The molecular formula is C21H17ClFNO5. The topological polar surface area (TPSA) is 76.1 Å². The number of esters is 1. The van der Waals surface area contributed by atoms with Crippen molar-refractivity contribution >= 4 is 35.2 Å². The highest BCUT2D eigenvalue weighted by atomic mass is 35.5. The first kappa shape index (κ1) is 20.4. The second kappa shape index (κ2) is 7.97. The second-order valence-corrected chi connectivity index (χ2v) is 6.59. The molecule has 1 heterocycles. The number of benzene rings is 2.